The minimum Gasteiger partial charge on any atom is -0.468 e. The highest BCUT2D eigenvalue weighted by Gasteiger charge is 2.14. The van der Waals surface area contributed by atoms with Gasteiger partial charge in [0.25, 0.3) is 0 Å². The van der Waals surface area contributed by atoms with Crippen molar-refractivity contribution < 1.29 is 14.4 Å². The van der Waals surface area contributed by atoms with Crippen molar-refractivity contribution in [2.24, 2.45) is 0 Å². The van der Waals surface area contributed by atoms with E-state index in [1.807, 2.05) is 13.0 Å². The number of hydrogen-bond acceptors (Lipinski definition) is 6. The molecule has 0 saturated heterocycles. The van der Waals surface area contributed by atoms with Crippen LogP contribution in [0.1, 0.15) is 18.7 Å². The monoisotopic (exact) mass is 280 g/mol. The Hall–Kier alpha value is -2.19. The predicted molar refractivity (Wildman–Crippen MR) is 70.0 cm³/mol. The second kappa shape index (κ2) is 6.31. The Bertz CT molecular complexity index is 552. The largest absolute Gasteiger partial charge is 0.468 e. The minimum absolute atomic E-state index is 0.0217. The molecule has 0 amide bonds. The molecule has 2 unspecified atom stereocenters. The van der Waals surface area contributed by atoms with Crippen LogP contribution in [0.25, 0.3) is 0 Å². The van der Waals surface area contributed by atoms with Gasteiger partial charge in [0.05, 0.1) is 29.9 Å². The molecule has 0 fully saturated rings. The van der Waals surface area contributed by atoms with Crippen molar-refractivity contribution in [1.29, 1.82) is 0 Å². The molecule has 0 saturated carbocycles. The smallest absolute Gasteiger partial charge is 0.306 e. The summed E-state index contributed by atoms with van der Waals surface area (Å²) in [7, 11) is 0. The molecular weight excluding hydrogens is 264 g/mol. The summed E-state index contributed by atoms with van der Waals surface area (Å²) in [6.45, 7) is 2.44. The lowest BCUT2D eigenvalue weighted by atomic mass is 10.2. The van der Waals surface area contributed by atoms with Crippen LogP contribution < -0.4 is 5.32 Å². The second-order valence-corrected chi connectivity index (χ2v) is 4.48. The van der Waals surface area contributed by atoms with Gasteiger partial charge in [-0.25, -0.2) is 0 Å². The topological polar surface area (TPSA) is 106 Å². The molecule has 0 aromatic carbocycles. The summed E-state index contributed by atoms with van der Waals surface area (Å²) in [5, 5.41) is 27.3. The van der Waals surface area contributed by atoms with Crippen molar-refractivity contribution >= 4 is 5.69 Å². The Balaban J connectivity index is 1.80. The van der Waals surface area contributed by atoms with Crippen LogP contribution in [-0.4, -0.2) is 32.5 Å². The molecule has 108 valence electrons. The van der Waals surface area contributed by atoms with Crippen molar-refractivity contribution in [1.82, 2.24) is 15.1 Å². The lowest BCUT2D eigenvalue weighted by Gasteiger charge is -2.15. The summed E-state index contributed by atoms with van der Waals surface area (Å²) < 4.78 is 6.59. The second-order valence-electron chi connectivity index (χ2n) is 4.48. The van der Waals surface area contributed by atoms with Gasteiger partial charge < -0.3 is 14.8 Å². The lowest BCUT2D eigenvalue weighted by molar-refractivity contribution is -0.385. The average Bonchev–Trinajstić information content (AvgIpc) is 3.06. The van der Waals surface area contributed by atoms with Gasteiger partial charge in [-0.3, -0.25) is 14.8 Å². The fourth-order valence-corrected chi connectivity index (χ4v) is 1.78. The van der Waals surface area contributed by atoms with Crippen molar-refractivity contribution in [3.05, 3.63) is 46.7 Å². The number of nitrogens with zero attached hydrogens (tertiary/aromatic N) is 3. The molecule has 0 aliphatic heterocycles. The molecular formula is C12H16N4O4. The van der Waals surface area contributed by atoms with Crippen molar-refractivity contribution in [3.8, 4) is 0 Å². The number of nitro groups is 1. The molecule has 2 atom stereocenters. The molecule has 20 heavy (non-hydrogen) atoms. The summed E-state index contributed by atoms with van der Waals surface area (Å²) in [5.41, 5.74) is -0.0888. The number of aliphatic hydroxyl groups is 1. The number of furan rings is 1. The average molecular weight is 280 g/mol. The van der Waals surface area contributed by atoms with Crippen LogP contribution in [-0.2, 0) is 6.54 Å². The Morgan fingerprint density at radius 2 is 2.45 bits per heavy atom. The first-order valence-corrected chi connectivity index (χ1v) is 6.18. The summed E-state index contributed by atoms with van der Waals surface area (Å²) in [5.74, 6) is 0.784. The molecule has 2 N–H and O–H groups in total. The van der Waals surface area contributed by atoms with Gasteiger partial charge in [-0.15, -0.1) is 0 Å². The minimum atomic E-state index is -0.702. The maximum atomic E-state index is 10.5. The third-order valence-corrected chi connectivity index (χ3v) is 2.86. The quantitative estimate of drug-likeness (QED) is 0.581. The highest BCUT2D eigenvalue weighted by atomic mass is 16.6. The first-order chi connectivity index (χ1) is 9.56. The lowest BCUT2D eigenvalue weighted by Crippen LogP contribution is -2.32. The van der Waals surface area contributed by atoms with E-state index in [0.717, 1.165) is 12.0 Å². The highest BCUT2D eigenvalue weighted by Crippen LogP contribution is 2.12. The SMILES string of the molecule is CC(NCC(O)Cn1cc([N+](=O)[O-])cn1)c1ccco1. The standard InChI is InChI=1S/C12H16N4O4/c1-9(12-3-2-4-20-12)13-6-11(17)8-15-7-10(5-14-15)16(18)19/h2-5,7,9,11,13,17H,6,8H2,1H3. The molecule has 2 aromatic rings. The van der Waals surface area contributed by atoms with Crippen LogP contribution in [0.3, 0.4) is 0 Å². The first-order valence-electron chi connectivity index (χ1n) is 6.18. The Morgan fingerprint density at radius 1 is 1.65 bits per heavy atom. The van der Waals surface area contributed by atoms with Crippen molar-refractivity contribution in [2.75, 3.05) is 6.54 Å². The molecule has 8 nitrogen and oxygen atoms in total. The van der Waals surface area contributed by atoms with Crippen LogP contribution in [0.15, 0.2) is 35.2 Å². The summed E-state index contributed by atoms with van der Waals surface area (Å²) in [6.07, 6.45) is 3.34. The van der Waals surface area contributed by atoms with E-state index in [0.29, 0.717) is 6.54 Å². The number of nitrogens with one attached hydrogen (secondary N) is 1. The van der Waals surface area contributed by atoms with E-state index in [-0.39, 0.29) is 18.3 Å². The summed E-state index contributed by atoms with van der Waals surface area (Å²) in [4.78, 5) is 9.99. The van der Waals surface area contributed by atoms with Gasteiger partial charge in [0.15, 0.2) is 0 Å². The summed E-state index contributed by atoms with van der Waals surface area (Å²) in [6, 6.07) is 3.62. The Morgan fingerprint density at radius 3 is 3.05 bits per heavy atom. The highest BCUT2D eigenvalue weighted by molar-refractivity contribution is 5.20. The zero-order valence-corrected chi connectivity index (χ0v) is 11.0. The Kier molecular flexibility index (Phi) is 4.49. The first kappa shape index (κ1) is 14.2. The van der Waals surface area contributed by atoms with Gasteiger partial charge in [0.1, 0.15) is 18.2 Å². The fourth-order valence-electron chi connectivity index (χ4n) is 1.78. The number of hydrogen-bond donors (Lipinski definition) is 2. The molecule has 0 spiro atoms. The Labute approximate surface area is 115 Å². The molecule has 0 aliphatic rings. The van der Waals surface area contributed by atoms with E-state index in [1.165, 1.54) is 10.9 Å². The van der Waals surface area contributed by atoms with Gasteiger partial charge in [-0.2, -0.15) is 5.10 Å². The van der Waals surface area contributed by atoms with Crippen LogP contribution in [0.5, 0.6) is 0 Å². The zero-order chi connectivity index (χ0) is 14.5. The third-order valence-electron chi connectivity index (χ3n) is 2.86. The van der Waals surface area contributed by atoms with Gasteiger partial charge in [-0.05, 0) is 19.1 Å². The molecule has 0 aliphatic carbocycles. The zero-order valence-electron chi connectivity index (χ0n) is 11.0. The summed E-state index contributed by atoms with van der Waals surface area (Å²) >= 11 is 0. The van der Waals surface area contributed by atoms with Gasteiger partial charge >= 0.3 is 5.69 Å². The van der Waals surface area contributed by atoms with Gasteiger partial charge in [0, 0.05) is 6.54 Å². The maximum absolute atomic E-state index is 10.5. The van der Waals surface area contributed by atoms with Crippen LogP contribution in [0.2, 0.25) is 0 Å². The van der Waals surface area contributed by atoms with E-state index in [2.05, 4.69) is 10.4 Å². The van der Waals surface area contributed by atoms with Crippen LogP contribution >= 0.6 is 0 Å². The molecule has 0 bridgehead atoms. The molecule has 8 heteroatoms. The van der Waals surface area contributed by atoms with E-state index in [4.69, 9.17) is 4.42 Å². The third kappa shape index (κ3) is 3.65. The molecule has 2 heterocycles. The fraction of sp³-hybridized carbons (Fsp3) is 0.417. The molecule has 2 aromatic heterocycles. The number of aliphatic hydroxyl groups excluding tert-OH is 1. The van der Waals surface area contributed by atoms with E-state index in [1.54, 1.807) is 12.3 Å². The molecule has 2 rings (SSSR count). The normalized spacial score (nSPS) is 14.1. The van der Waals surface area contributed by atoms with E-state index < -0.39 is 11.0 Å². The van der Waals surface area contributed by atoms with Gasteiger partial charge in [-0.1, -0.05) is 0 Å². The maximum Gasteiger partial charge on any atom is 0.306 e. The number of aromatic nitrogens is 2. The van der Waals surface area contributed by atoms with Crippen LogP contribution in [0.4, 0.5) is 5.69 Å². The van der Waals surface area contributed by atoms with Gasteiger partial charge in [0.2, 0.25) is 0 Å². The van der Waals surface area contributed by atoms with E-state index >= 15 is 0 Å². The van der Waals surface area contributed by atoms with Crippen LogP contribution in [0, 0.1) is 10.1 Å². The predicted octanol–water partition coefficient (Wildman–Crippen LogP) is 1.10. The van der Waals surface area contributed by atoms with Crippen molar-refractivity contribution in [3.63, 3.8) is 0 Å². The molecule has 0 radical (unpaired) electrons. The number of rotatable bonds is 7. The van der Waals surface area contributed by atoms with Crippen molar-refractivity contribution in [2.45, 2.75) is 25.6 Å². The van der Waals surface area contributed by atoms with E-state index in [9.17, 15) is 15.2 Å².